The molecule has 2 aromatic carbocycles. The highest BCUT2D eigenvalue weighted by Crippen LogP contribution is 2.17. The number of thiocarbonyl (C=S) groups is 1. The first kappa shape index (κ1) is 22.2. The molecule has 0 saturated heterocycles. The lowest BCUT2D eigenvalue weighted by Crippen LogP contribution is -2.44. The zero-order valence-electron chi connectivity index (χ0n) is 16.3. The Morgan fingerprint density at radius 2 is 1.90 bits per heavy atom. The Labute approximate surface area is 186 Å². The molecule has 31 heavy (non-hydrogen) atoms. The highest BCUT2D eigenvalue weighted by molar-refractivity contribution is 7.99. The van der Waals surface area contributed by atoms with Crippen molar-refractivity contribution in [2.45, 2.75) is 18.6 Å². The third-order valence-corrected chi connectivity index (χ3v) is 5.31. The van der Waals surface area contributed by atoms with E-state index in [1.165, 1.54) is 28.8 Å². The standard InChI is InChI=1S/C19H18N6O4S2/c1-2-24-17(27)14-5-3-4-6-15(14)21-19(24)31-11-16(26)22-23-18(30)20-12-7-9-13(10-8-12)25(28)29/h3-10H,2,11H2,1H3,(H,22,26)(H2,20,23,30). The molecular formula is C19H18N6O4S2. The first-order valence-electron chi connectivity index (χ1n) is 9.11. The maximum Gasteiger partial charge on any atom is 0.269 e. The third-order valence-electron chi connectivity index (χ3n) is 4.13. The Kier molecular flexibility index (Phi) is 7.15. The molecule has 0 atom stereocenters. The van der Waals surface area contributed by atoms with Crippen molar-refractivity contribution in [3.63, 3.8) is 0 Å². The number of hydrazine groups is 1. The molecule has 1 heterocycles. The molecule has 1 aromatic heterocycles. The van der Waals surface area contributed by atoms with Crippen LogP contribution < -0.4 is 21.7 Å². The molecule has 0 aliphatic rings. The number of thioether (sulfide) groups is 1. The molecule has 0 aliphatic carbocycles. The number of fused-ring (bicyclic) bond motifs is 1. The third kappa shape index (κ3) is 5.55. The number of benzene rings is 2. The number of aromatic nitrogens is 2. The van der Waals surface area contributed by atoms with Gasteiger partial charge in [-0.05, 0) is 43.4 Å². The van der Waals surface area contributed by atoms with Crippen molar-refractivity contribution in [1.82, 2.24) is 20.4 Å². The fraction of sp³-hybridized carbons (Fsp3) is 0.158. The Morgan fingerprint density at radius 1 is 1.19 bits per heavy atom. The molecule has 10 nitrogen and oxygen atoms in total. The molecule has 0 fully saturated rings. The van der Waals surface area contributed by atoms with E-state index in [1.54, 1.807) is 24.3 Å². The summed E-state index contributed by atoms with van der Waals surface area (Å²) >= 11 is 6.23. The summed E-state index contributed by atoms with van der Waals surface area (Å²) in [6, 6.07) is 12.7. The van der Waals surface area contributed by atoms with Crippen molar-refractivity contribution >= 4 is 57.3 Å². The maximum atomic E-state index is 12.6. The van der Waals surface area contributed by atoms with Crippen molar-refractivity contribution in [3.8, 4) is 0 Å². The number of nitro groups is 1. The normalized spacial score (nSPS) is 10.5. The van der Waals surface area contributed by atoms with Crippen LogP contribution in [-0.4, -0.2) is 31.2 Å². The molecule has 0 radical (unpaired) electrons. The number of para-hydroxylation sites is 1. The van der Waals surface area contributed by atoms with Crippen LogP contribution in [0.1, 0.15) is 6.92 Å². The highest BCUT2D eigenvalue weighted by atomic mass is 32.2. The second kappa shape index (κ2) is 10.00. The molecule has 0 unspecified atom stereocenters. The summed E-state index contributed by atoms with van der Waals surface area (Å²) in [6.45, 7) is 2.27. The van der Waals surface area contributed by atoms with Crippen molar-refractivity contribution < 1.29 is 9.72 Å². The summed E-state index contributed by atoms with van der Waals surface area (Å²) < 4.78 is 1.52. The Balaban J connectivity index is 1.55. The lowest BCUT2D eigenvalue weighted by atomic mass is 10.2. The monoisotopic (exact) mass is 458 g/mol. The van der Waals surface area contributed by atoms with Crippen molar-refractivity contribution in [3.05, 3.63) is 69.0 Å². The summed E-state index contributed by atoms with van der Waals surface area (Å²) in [5, 5.41) is 14.6. The number of nitro benzene ring substituents is 1. The van der Waals surface area contributed by atoms with Crippen molar-refractivity contribution in [2.24, 2.45) is 0 Å². The number of rotatable bonds is 6. The zero-order chi connectivity index (χ0) is 22.4. The summed E-state index contributed by atoms with van der Waals surface area (Å²) in [4.78, 5) is 39.4. The van der Waals surface area contributed by atoms with Gasteiger partial charge in [-0.1, -0.05) is 23.9 Å². The lowest BCUT2D eigenvalue weighted by Gasteiger charge is -2.13. The van der Waals surface area contributed by atoms with Crippen molar-refractivity contribution in [1.29, 1.82) is 0 Å². The number of nitrogens with one attached hydrogen (secondary N) is 3. The van der Waals surface area contributed by atoms with Crippen LogP contribution in [0.15, 0.2) is 58.5 Å². The van der Waals surface area contributed by atoms with E-state index in [1.807, 2.05) is 6.92 Å². The van der Waals surface area contributed by atoms with Gasteiger partial charge in [0, 0.05) is 24.4 Å². The van der Waals surface area contributed by atoms with E-state index >= 15 is 0 Å². The predicted octanol–water partition coefficient (Wildman–Crippen LogP) is 2.43. The molecule has 0 spiro atoms. The summed E-state index contributed by atoms with van der Waals surface area (Å²) in [6.07, 6.45) is 0. The van der Waals surface area contributed by atoms with E-state index < -0.39 is 4.92 Å². The van der Waals surface area contributed by atoms with Gasteiger partial charge >= 0.3 is 0 Å². The molecule has 1 amide bonds. The number of hydrogen-bond donors (Lipinski definition) is 3. The van der Waals surface area contributed by atoms with Gasteiger partial charge in [-0.25, -0.2) is 4.98 Å². The second-order valence-corrected chi connectivity index (χ2v) is 7.53. The predicted molar refractivity (Wildman–Crippen MR) is 123 cm³/mol. The molecule has 0 aliphatic heterocycles. The molecule has 3 rings (SSSR count). The molecular weight excluding hydrogens is 440 g/mol. The average molecular weight is 459 g/mol. The lowest BCUT2D eigenvalue weighted by molar-refractivity contribution is -0.384. The molecule has 3 aromatic rings. The van der Waals surface area contributed by atoms with Crippen LogP contribution in [-0.2, 0) is 11.3 Å². The van der Waals surface area contributed by atoms with Crippen LogP contribution in [0.25, 0.3) is 10.9 Å². The van der Waals surface area contributed by atoms with Gasteiger partial charge in [0.05, 0.1) is 21.6 Å². The van der Waals surface area contributed by atoms with Gasteiger partial charge in [0.2, 0.25) is 5.91 Å². The van der Waals surface area contributed by atoms with Crippen LogP contribution in [0.2, 0.25) is 0 Å². The Hall–Kier alpha value is -3.51. The van der Waals surface area contributed by atoms with Crippen LogP contribution in [0.3, 0.4) is 0 Å². The van der Waals surface area contributed by atoms with Gasteiger partial charge in [-0.2, -0.15) is 0 Å². The highest BCUT2D eigenvalue weighted by Gasteiger charge is 2.12. The van der Waals surface area contributed by atoms with Crippen LogP contribution in [0.5, 0.6) is 0 Å². The van der Waals surface area contributed by atoms with E-state index in [4.69, 9.17) is 12.2 Å². The number of hydrogen-bond acceptors (Lipinski definition) is 7. The largest absolute Gasteiger partial charge is 0.331 e. The number of nitrogens with zero attached hydrogens (tertiary/aromatic N) is 3. The number of anilines is 1. The molecule has 160 valence electrons. The quantitative estimate of drug-likeness (QED) is 0.168. The second-order valence-electron chi connectivity index (χ2n) is 6.18. The van der Waals surface area contributed by atoms with Gasteiger partial charge in [-0.15, -0.1) is 0 Å². The zero-order valence-corrected chi connectivity index (χ0v) is 18.0. The molecule has 12 heteroatoms. The minimum atomic E-state index is -0.499. The topological polar surface area (TPSA) is 131 Å². The van der Waals surface area contributed by atoms with Gasteiger partial charge in [0.15, 0.2) is 10.3 Å². The van der Waals surface area contributed by atoms with Gasteiger partial charge in [0.25, 0.3) is 11.2 Å². The maximum absolute atomic E-state index is 12.6. The first-order chi connectivity index (χ1) is 14.9. The van der Waals surface area contributed by atoms with E-state index in [9.17, 15) is 19.7 Å². The van der Waals surface area contributed by atoms with Crippen LogP contribution in [0, 0.1) is 10.1 Å². The minimum Gasteiger partial charge on any atom is -0.331 e. The minimum absolute atomic E-state index is 0.0118. The van der Waals surface area contributed by atoms with Gasteiger partial charge in [-0.3, -0.25) is 35.1 Å². The number of carbonyl (C=O) groups is 1. The van der Waals surface area contributed by atoms with Gasteiger partial charge < -0.3 is 5.32 Å². The average Bonchev–Trinajstić information content (AvgIpc) is 2.76. The Morgan fingerprint density at radius 3 is 2.58 bits per heavy atom. The SMILES string of the molecule is CCn1c(SCC(=O)NNC(=S)Nc2ccc([N+](=O)[O-])cc2)nc2ccccc2c1=O. The fourth-order valence-corrected chi connectivity index (χ4v) is 3.69. The van der Waals surface area contributed by atoms with E-state index in [0.29, 0.717) is 28.3 Å². The van der Waals surface area contributed by atoms with Crippen LogP contribution >= 0.6 is 24.0 Å². The molecule has 3 N–H and O–H groups in total. The summed E-state index contributed by atoms with van der Waals surface area (Å²) in [5.74, 6) is -0.360. The van der Waals surface area contributed by atoms with Crippen molar-refractivity contribution in [2.75, 3.05) is 11.1 Å². The number of amides is 1. The van der Waals surface area contributed by atoms with Gasteiger partial charge in [0.1, 0.15) is 0 Å². The molecule has 0 bridgehead atoms. The first-order valence-corrected chi connectivity index (χ1v) is 10.5. The summed E-state index contributed by atoms with van der Waals surface area (Å²) in [7, 11) is 0. The van der Waals surface area contributed by atoms with E-state index in [-0.39, 0.29) is 28.0 Å². The van der Waals surface area contributed by atoms with E-state index in [2.05, 4.69) is 21.2 Å². The Bertz CT molecular complexity index is 1200. The van der Waals surface area contributed by atoms with Crippen LogP contribution in [0.4, 0.5) is 11.4 Å². The molecule has 0 saturated carbocycles. The number of carbonyl (C=O) groups excluding carboxylic acids is 1. The fourth-order valence-electron chi connectivity index (χ4n) is 2.66. The number of non-ortho nitro benzene ring substituents is 1. The van der Waals surface area contributed by atoms with E-state index in [0.717, 1.165) is 11.8 Å². The smallest absolute Gasteiger partial charge is 0.269 e. The summed E-state index contributed by atoms with van der Waals surface area (Å²) in [5.41, 5.74) is 5.93.